The summed E-state index contributed by atoms with van der Waals surface area (Å²) < 4.78 is 18.0. The summed E-state index contributed by atoms with van der Waals surface area (Å²) in [6.45, 7) is 5.28. The second-order valence-corrected chi connectivity index (χ2v) is 11.3. The molecule has 2 heterocycles. The minimum atomic E-state index is -0.388. The van der Waals surface area contributed by atoms with Gasteiger partial charge in [-0.05, 0) is 41.7 Å². The van der Waals surface area contributed by atoms with Gasteiger partial charge in [0.2, 0.25) is 11.8 Å². The normalized spacial score (nSPS) is 18.2. The Labute approximate surface area is 264 Å². The lowest BCUT2D eigenvalue weighted by Gasteiger charge is -2.37. The lowest BCUT2D eigenvalue weighted by atomic mass is 10.1. The molecule has 2 atom stereocenters. The molecule has 238 valence electrons. The van der Waals surface area contributed by atoms with E-state index in [2.05, 4.69) is 10.6 Å². The number of carbonyl (C=O) groups is 3. The summed E-state index contributed by atoms with van der Waals surface area (Å²) in [5.74, 6) is 1.37. The van der Waals surface area contributed by atoms with Gasteiger partial charge in [-0.1, -0.05) is 66.7 Å². The predicted molar refractivity (Wildman–Crippen MR) is 170 cm³/mol. The minimum absolute atomic E-state index is 0.0126. The zero-order valence-electron chi connectivity index (χ0n) is 25.8. The van der Waals surface area contributed by atoms with Crippen molar-refractivity contribution >= 4 is 17.9 Å². The molecule has 0 saturated carbocycles. The smallest absolute Gasteiger partial charge is 0.410 e. The van der Waals surface area contributed by atoms with Crippen LogP contribution in [0.3, 0.4) is 0 Å². The van der Waals surface area contributed by atoms with Crippen LogP contribution in [-0.4, -0.2) is 86.2 Å². The van der Waals surface area contributed by atoms with Gasteiger partial charge in [0.1, 0.15) is 24.2 Å². The molecule has 0 spiro atoms. The first-order valence-electron chi connectivity index (χ1n) is 15.6. The summed E-state index contributed by atoms with van der Waals surface area (Å²) in [5, 5.41) is 6.15. The van der Waals surface area contributed by atoms with Gasteiger partial charge in [0, 0.05) is 46.1 Å². The van der Waals surface area contributed by atoms with Crippen LogP contribution in [0.5, 0.6) is 11.5 Å². The predicted octanol–water partition coefficient (Wildman–Crippen LogP) is 4.10. The van der Waals surface area contributed by atoms with Crippen molar-refractivity contribution in [2.45, 2.75) is 38.3 Å². The first-order valence-corrected chi connectivity index (χ1v) is 15.6. The highest BCUT2D eigenvalue weighted by Crippen LogP contribution is 2.29. The molecule has 2 N–H and O–H groups in total. The molecular weight excluding hydrogens is 572 g/mol. The van der Waals surface area contributed by atoms with E-state index in [1.807, 2.05) is 83.8 Å². The van der Waals surface area contributed by atoms with Crippen molar-refractivity contribution in [3.8, 4) is 11.5 Å². The Bertz CT molecular complexity index is 1430. The largest absolute Gasteiger partial charge is 0.457 e. The van der Waals surface area contributed by atoms with Crippen molar-refractivity contribution < 1.29 is 28.6 Å². The number of carbonyl (C=O) groups excluding carboxylic acids is 3. The number of amides is 3. The van der Waals surface area contributed by atoms with E-state index < -0.39 is 0 Å². The van der Waals surface area contributed by atoms with Crippen LogP contribution in [0, 0.1) is 0 Å². The second kappa shape index (κ2) is 16.1. The zero-order chi connectivity index (χ0) is 31.4. The molecule has 3 aromatic carbocycles. The van der Waals surface area contributed by atoms with E-state index in [1.54, 1.807) is 4.90 Å². The number of ether oxygens (including phenoxy) is 3. The molecule has 10 heteroatoms. The summed E-state index contributed by atoms with van der Waals surface area (Å²) in [4.78, 5) is 41.3. The Kier molecular flexibility index (Phi) is 11.4. The summed E-state index contributed by atoms with van der Waals surface area (Å²) in [7, 11) is 0. The van der Waals surface area contributed by atoms with Gasteiger partial charge < -0.3 is 34.6 Å². The highest BCUT2D eigenvalue weighted by atomic mass is 16.6. The standard InChI is InChI=1S/C35H42N4O6/c1-26(40)37-18-17-29-12-6-8-14-32(29)45-31-13-7-5-11-28(31)15-16-34(41)39-20-19-36-23-30(39)25-44-35(42)38-21-22-43-33(24-38)27-9-3-2-4-10-27/h2-14,30,33,36H,15-25H2,1H3,(H,37,40)/t30?,33-/m0/s1. The van der Waals surface area contributed by atoms with Crippen LogP contribution in [0.15, 0.2) is 78.9 Å². The highest BCUT2D eigenvalue weighted by Gasteiger charge is 2.30. The summed E-state index contributed by atoms with van der Waals surface area (Å²) >= 11 is 0. The van der Waals surface area contributed by atoms with Gasteiger partial charge in [-0.2, -0.15) is 0 Å². The maximum absolute atomic E-state index is 13.5. The number of hydrogen-bond donors (Lipinski definition) is 2. The van der Waals surface area contributed by atoms with Crippen molar-refractivity contribution in [3.63, 3.8) is 0 Å². The Morgan fingerprint density at radius 2 is 1.60 bits per heavy atom. The molecule has 10 nitrogen and oxygen atoms in total. The fraction of sp³-hybridized carbons (Fsp3) is 0.400. The fourth-order valence-corrected chi connectivity index (χ4v) is 5.68. The molecule has 0 aliphatic carbocycles. The number of benzene rings is 3. The van der Waals surface area contributed by atoms with Gasteiger partial charge in [0.05, 0.1) is 19.2 Å². The fourth-order valence-electron chi connectivity index (χ4n) is 5.68. The van der Waals surface area contributed by atoms with E-state index in [0.29, 0.717) is 70.9 Å². The Morgan fingerprint density at radius 3 is 2.33 bits per heavy atom. The number of nitrogens with one attached hydrogen (secondary N) is 2. The summed E-state index contributed by atoms with van der Waals surface area (Å²) in [6, 6.07) is 25.1. The number of hydrogen-bond acceptors (Lipinski definition) is 7. The summed E-state index contributed by atoms with van der Waals surface area (Å²) in [5.41, 5.74) is 2.95. The van der Waals surface area contributed by atoms with Crippen LogP contribution in [0.2, 0.25) is 0 Å². The van der Waals surface area contributed by atoms with E-state index in [4.69, 9.17) is 14.2 Å². The van der Waals surface area contributed by atoms with Crippen molar-refractivity contribution in [2.24, 2.45) is 0 Å². The molecule has 1 unspecified atom stereocenters. The first kappa shape index (κ1) is 32.0. The van der Waals surface area contributed by atoms with Crippen LogP contribution >= 0.6 is 0 Å². The number of nitrogens with zero attached hydrogens (tertiary/aromatic N) is 2. The van der Waals surface area contributed by atoms with Crippen LogP contribution < -0.4 is 15.4 Å². The SMILES string of the molecule is CC(=O)NCCc1ccccc1Oc1ccccc1CCC(=O)N1CCNCC1COC(=O)N1CCO[C@H](c2ccccc2)C1. The topological polar surface area (TPSA) is 109 Å². The minimum Gasteiger partial charge on any atom is -0.457 e. The quantitative estimate of drug-likeness (QED) is 0.335. The molecule has 0 radical (unpaired) electrons. The van der Waals surface area contributed by atoms with Gasteiger partial charge in [0.25, 0.3) is 0 Å². The van der Waals surface area contributed by atoms with Crippen molar-refractivity contribution in [3.05, 3.63) is 95.6 Å². The number of para-hydroxylation sites is 2. The molecule has 3 aromatic rings. The Hall–Kier alpha value is -4.41. The van der Waals surface area contributed by atoms with Crippen LogP contribution in [0.25, 0.3) is 0 Å². The average molecular weight is 615 g/mol. The van der Waals surface area contributed by atoms with Gasteiger partial charge in [0.15, 0.2) is 0 Å². The third-order valence-electron chi connectivity index (χ3n) is 8.11. The zero-order valence-corrected chi connectivity index (χ0v) is 25.8. The molecule has 2 fully saturated rings. The lowest BCUT2D eigenvalue weighted by Crippen LogP contribution is -2.56. The highest BCUT2D eigenvalue weighted by molar-refractivity contribution is 5.77. The molecule has 0 bridgehead atoms. The maximum Gasteiger partial charge on any atom is 0.410 e. The van der Waals surface area contributed by atoms with E-state index in [-0.39, 0.29) is 36.7 Å². The number of piperazine rings is 1. The molecular formula is C35H42N4O6. The Morgan fingerprint density at radius 1 is 0.911 bits per heavy atom. The van der Waals surface area contributed by atoms with Gasteiger partial charge in [-0.3, -0.25) is 9.59 Å². The van der Waals surface area contributed by atoms with E-state index >= 15 is 0 Å². The number of rotatable bonds is 11. The second-order valence-electron chi connectivity index (χ2n) is 11.3. The molecule has 0 aromatic heterocycles. The number of aryl methyl sites for hydroxylation is 1. The van der Waals surface area contributed by atoms with Crippen LogP contribution in [0.1, 0.15) is 36.1 Å². The van der Waals surface area contributed by atoms with E-state index in [0.717, 1.165) is 22.4 Å². The van der Waals surface area contributed by atoms with Gasteiger partial charge in [-0.15, -0.1) is 0 Å². The maximum atomic E-state index is 13.5. The summed E-state index contributed by atoms with van der Waals surface area (Å²) in [6.07, 6.45) is 0.877. The van der Waals surface area contributed by atoms with Crippen LogP contribution in [-0.2, 0) is 31.9 Å². The van der Waals surface area contributed by atoms with Gasteiger partial charge in [-0.25, -0.2) is 4.79 Å². The van der Waals surface area contributed by atoms with E-state index in [9.17, 15) is 14.4 Å². The Balaban J connectivity index is 1.15. The van der Waals surface area contributed by atoms with Crippen molar-refractivity contribution in [2.75, 3.05) is 52.5 Å². The number of morpholine rings is 1. The molecule has 2 aliphatic heterocycles. The van der Waals surface area contributed by atoms with Crippen molar-refractivity contribution in [1.82, 2.24) is 20.4 Å². The molecule has 2 aliphatic rings. The van der Waals surface area contributed by atoms with Gasteiger partial charge >= 0.3 is 6.09 Å². The molecule has 45 heavy (non-hydrogen) atoms. The lowest BCUT2D eigenvalue weighted by molar-refractivity contribution is -0.135. The molecule has 2 saturated heterocycles. The van der Waals surface area contributed by atoms with Crippen LogP contribution in [0.4, 0.5) is 4.79 Å². The van der Waals surface area contributed by atoms with E-state index in [1.165, 1.54) is 6.92 Å². The molecule has 5 rings (SSSR count). The first-order chi connectivity index (χ1) is 22.0. The monoisotopic (exact) mass is 614 g/mol. The van der Waals surface area contributed by atoms with Crippen molar-refractivity contribution in [1.29, 1.82) is 0 Å². The molecule has 3 amide bonds. The average Bonchev–Trinajstić information content (AvgIpc) is 3.08. The third kappa shape index (κ3) is 9.06. The third-order valence-corrected chi connectivity index (χ3v) is 8.11.